The van der Waals surface area contributed by atoms with Gasteiger partial charge >= 0.3 is 0 Å². The first-order valence-corrected chi connectivity index (χ1v) is 12.4. The van der Waals surface area contributed by atoms with Gasteiger partial charge in [-0.2, -0.15) is 5.26 Å². The van der Waals surface area contributed by atoms with Crippen LogP contribution in [-0.4, -0.2) is 63.2 Å². The quantitative estimate of drug-likeness (QED) is 0.226. The Kier molecular flexibility index (Phi) is 7.47. The first-order valence-electron chi connectivity index (χ1n) is 12.4. The van der Waals surface area contributed by atoms with Crippen LogP contribution in [0.25, 0.3) is 27.9 Å². The molecule has 0 amide bonds. The van der Waals surface area contributed by atoms with Gasteiger partial charge in [0.05, 0.1) is 53.7 Å². The lowest BCUT2D eigenvalue weighted by molar-refractivity contribution is 0.324. The Labute approximate surface area is 236 Å². The van der Waals surface area contributed by atoms with Crippen molar-refractivity contribution in [3.8, 4) is 51.8 Å². The molecule has 0 radical (unpaired) electrons. The van der Waals surface area contributed by atoms with Gasteiger partial charge in [-0.3, -0.25) is 4.40 Å². The van der Waals surface area contributed by atoms with Crippen LogP contribution in [0, 0.1) is 11.3 Å². The number of fused-ring (bicyclic) bond motifs is 3. The number of nitriles is 1. The standard InChI is InChI=1S/C30H27N5O6/c1-36-22-11-17(12-23(37-2)27(22)40-5)16-32-29-20(15-31)34-30-26(33-19-9-7-8-10-21(19)35(29)30)18-13-24(38-3)28(41-6)25(14-18)39-4/h7-14,16H,1-6H3/b32-16+. The molecule has 0 fully saturated rings. The first-order chi connectivity index (χ1) is 20.0. The average molecular weight is 554 g/mol. The second-order valence-electron chi connectivity index (χ2n) is 8.63. The molecule has 11 heteroatoms. The van der Waals surface area contributed by atoms with E-state index in [4.69, 9.17) is 38.4 Å². The molecule has 208 valence electrons. The topological polar surface area (TPSA) is 122 Å². The van der Waals surface area contributed by atoms with E-state index in [-0.39, 0.29) is 5.69 Å². The Bertz CT molecular complexity index is 1790. The van der Waals surface area contributed by atoms with Crippen LogP contribution >= 0.6 is 0 Å². The van der Waals surface area contributed by atoms with Gasteiger partial charge in [-0.25, -0.2) is 15.0 Å². The summed E-state index contributed by atoms with van der Waals surface area (Å²) in [6.45, 7) is 0. The van der Waals surface area contributed by atoms with Crippen LogP contribution in [0.2, 0.25) is 0 Å². The van der Waals surface area contributed by atoms with E-state index in [0.717, 1.165) is 5.52 Å². The Morgan fingerprint density at radius 3 is 1.85 bits per heavy atom. The van der Waals surface area contributed by atoms with Crippen LogP contribution in [0.5, 0.6) is 34.5 Å². The van der Waals surface area contributed by atoms with E-state index in [9.17, 15) is 5.26 Å². The van der Waals surface area contributed by atoms with Crippen LogP contribution in [0.3, 0.4) is 0 Å². The maximum atomic E-state index is 10.1. The number of aliphatic imine (C=N–C) groups is 1. The van der Waals surface area contributed by atoms with Crippen LogP contribution < -0.4 is 28.4 Å². The third kappa shape index (κ3) is 4.65. The summed E-state index contributed by atoms with van der Waals surface area (Å²) in [4.78, 5) is 14.3. The van der Waals surface area contributed by atoms with Gasteiger partial charge in [0.2, 0.25) is 11.5 Å². The zero-order chi connectivity index (χ0) is 29.1. The molecule has 0 aliphatic rings. The fourth-order valence-corrected chi connectivity index (χ4v) is 4.63. The minimum absolute atomic E-state index is 0.125. The van der Waals surface area contributed by atoms with Gasteiger partial charge in [0.15, 0.2) is 40.2 Å². The van der Waals surface area contributed by atoms with Crippen molar-refractivity contribution in [3.05, 3.63) is 59.8 Å². The second kappa shape index (κ2) is 11.3. The van der Waals surface area contributed by atoms with Crippen LogP contribution in [0.15, 0.2) is 53.5 Å². The summed E-state index contributed by atoms with van der Waals surface area (Å²) in [5, 5.41) is 10.1. The van der Waals surface area contributed by atoms with E-state index in [1.54, 1.807) is 66.0 Å². The normalized spacial score (nSPS) is 11.0. The predicted molar refractivity (Wildman–Crippen MR) is 154 cm³/mol. The van der Waals surface area contributed by atoms with E-state index < -0.39 is 0 Å². The number of hydrogen-bond donors (Lipinski definition) is 0. The van der Waals surface area contributed by atoms with E-state index >= 15 is 0 Å². The van der Waals surface area contributed by atoms with Gasteiger partial charge in [0, 0.05) is 17.3 Å². The van der Waals surface area contributed by atoms with Crippen molar-refractivity contribution in [1.82, 2.24) is 14.4 Å². The Hall–Kier alpha value is -5.50. The molecule has 0 N–H and O–H groups in total. The summed E-state index contributed by atoms with van der Waals surface area (Å²) in [6.07, 6.45) is 1.61. The number of ether oxygens (including phenoxy) is 6. The lowest BCUT2D eigenvalue weighted by Crippen LogP contribution is -1.99. The van der Waals surface area contributed by atoms with Gasteiger partial charge in [-0.15, -0.1) is 0 Å². The number of hydrogen-bond acceptors (Lipinski definition) is 10. The minimum atomic E-state index is 0.125. The third-order valence-corrected chi connectivity index (χ3v) is 6.49. The fraction of sp³-hybridized carbons (Fsp3) is 0.200. The van der Waals surface area contributed by atoms with Crippen molar-refractivity contribution in [2.45, 2.75) is 0 Å². The molecule has 41 heavy (non-hydrogen) atoms. The summed E-state index contributed by atoms with van der Waals surface area (Å²) >= 11 is 0. The highest BCUT2D eigenvalue weighted by atomic mass is 16.5. The van der Waals surface area contributed by atoms with E-state index in [1.807, 2.05) is 28.7 Å². The van der Waals surface area contributed by atoms with Crippen molar-refractivity contribution < 1.29 is 28.4 Å². The first kappa shape index (κ1) is 27.1. The smallest absolute Gasteiger partial charge is 0.203 e. The number of aromatic nitrogens is 3. The largest absolute Gasteiger partial charge is 0.493 e. The highest BCUT2D eigenvalue weighted by Crippen LogP contribution is 2.43. The minimum Gasteiger partial charge on any atom is -0.493 e. The Morgan fingerprint density at radius 1 is 0.756 bits per heavy atom. The van der Waals surface area contributed by atoms with Crippen molar-refractivity contribution in [1.29, 1.82) is 5.26 Å². The average Bonchev–Trinajstić information content (AvgIpc) is 3.40. The monoisotopic (exact) mass is 553 g/mol. The molecule has 3 aromatic carbocycles. The molecule has 2 aromatic heterocycles. The number of rotatable bonds is 9. The molecule has 0 saturated carbocycles. The van der Waals surface area contributed by atoms with Crippen LogP contribution in [0.4, 0.5) is 5.82 Å². The molecule has 5 rings (SSSR count). The molecule has 0 atom stereocenters. The number of imidazole rings is 1. The predicted octanol–water partition coefficient (Wildman–Crippen LogP) is 5.22. The van der Waals surface area contributed by atoms with Crippen molar-refractivity contribution in [2.75, 3.05) is 42.7 Å². The third-order valence-electron chi connectivity index (χ3n) is 6.49. The molecule has 0 aliphatic carbocycles. The molecule has 0 aliphatic heterocycles. The van der Waals surface area contributed by atoms with Crippen molar-refractivity contribution in [2.24, 2.45) is 4.99 Å². The molecular weight excluding hydrogens is 526 g/mol. The maximum absolute atomic E-state index is 10.1. The molecule has 2 heterocycles. The van der Waals surface area contributed by atoms with Gasteiger partial charge in [0.25, 0.3) is 0 Å². The lowest BCUT2D eigenvalue weighted by Gasteiger charge is -2.15. The van der Waals surface area contributed by atoms with Gasteiger partial charge < -0.3 is 28.4 Å². The second-order valence-corrected chi connectivity index (χ2v) is 8.63. The number of benzene rings is 3. The van der Waals surface area contributed by atoms with Gasteiger partial charge in [0.1, 0.15) is 11.8 Å². The Balaban J connectivity index is 1.78. The van der Waals surface area contributed by atoms with Crippen LogP contribution in [0.1, 0.15) is 11.3 Å². The molecule has 0 saturated heterocycles. The highest BCUT2D eigenvalue weighted by Gasteiger charge is 2.22. The molecule has 0 spiro atoms. The van der Waals surface area contributed by atoms with E-state index in [2.05, 4.69) is 11.1 Å². The SMILES string of the molecule is COc1cc(/C=N/c2c(C#N)nc3c(-c4cc(OC)c(OC)c(OC)c4)nc4ccccc4n23)cc(OC)c1OC. The van der Waals surface area contributed by atoms with Gasteiger partial charge in [-0.05, 0) is 36.4 Å². The van der Waals surface area contributed by atoms with E-state index in [0.29, 0.717) is 68.3 Å². The summed E-state index contributed by atoms with van der Waals surface area (Å²) in [5.41, 5.74) is 3.80. The number of nitrogens with zero attached hydrogens (tertiary/aromatic N) is 5. The van der Waals surface area contributed by atoms with E-state index in [1.165, 1.54) is 7.11 Å². The summed E-state index contributed by atoms with van der Waals surface area (Å²) in [6, 6.07) is 16.9. The molecule has 5 aromatic rings. The summed E-state index contributed by atoms with van der Waals surface area (Å²) in [7, 11) is 9.25. The Morgan fingerprint density at radius 2 is 1.32 bits per heavy atom. The zero-order valence-electron chi connectivity index (χ0n) is 23.4. The highest BCUT2D eigenvalue weighted by molar-refractivity contribution is 5.91. The fourth-order valence-electron chi connectivity index (χ4n) is 4.63. The van der Waals surface area contributed by atoms with Crippen molar-refractivity contribution >= 4 is 28.7 Å². The number of para-hydroxylation sites is 2. The van der Waals surface area contributed by atoms with Gasteiger partial charge in [-0.1, -0.05) is 12.1 Å². The molecule has 0 bridgehead atoms. The summed E-state index contributed by atoms with van der Waals surface area (Å²) < 4.78 is 34.8. The van der Waals surface area contributed by atoms with Crippen LogP contribution in [-0.2, 0) is 0 Å². The summed E-state index contributed by atoms with van der Waals surface area (Å²) in [5.74, 6) is 3.13. The van der Waals surface area contributed by atoms with Crippen molar-refractivity contribution in [3.63, 3.8) is 0 Å². The number of methoxy groups -OCH3 is 6. The molecule has 11 nitrogen and oxygen atoms in total. The molecular formula is C30H27N5O6. The zero-order valence-corrected chi connectivity index (χ0v) is 23.4. The lowest BCUT2D eigenvalue weighted by atomic mass is 10.1. The molecule has 0 unspecified atom stereocenters. The maximum Gasteiger partial charge on any atom is 0.203 e.